The van der Waals surface area contributed by atoms with Gasteiger partial charge in [-0.3, -0.25) is 14.7 Å². The van der Waals surface area contributed by atoms with Gasteiger partial charge in [0.15, 0.2) is 5.69 Å². The summed E-state index contributed by atoms with van der Waals surface area (Å²) in [6.45, 7) is 1.46. The number of rotatable bonds is 3. The average Bonchev–Trinajstić information content (AvgIpc) is 3.20. The van der Waals surface area contributed by atoms with Gasteiger partial charge in [-0.15, -0.1) is 12.4 Å². The Labute approximate surface area is 159 Å². The van der Waals surface area contributed by atoms with E-state index in [0.717, 1.165) is 41.3 Å². The maximum atomic E-state index is 13.9. The number of hydrogen-bond acceptors (Lipinski definition) is 4. The number of nitrogens with zero attached hydrogens (tertiary/aromatic N) is 2. The minimum atomic E-state index is -0.842. The van der Waals surface area contributed by atoms with Crippen molar-refractivity contribution >= 4 is 29.9 Å². The average molecular weight is 398 g/mol. The zero-order chi connectivity index (χ0) is 18.3. The number of hydrogen-bond donors (Lipinski definition) is 3. The van der Waals surface area contributed by atoms with Crippen LogP contribution in [0, 0.1) is 11.6 Å². The predicted octanol–water partition coefficient (Wildman–Crippen LogP) is 1.29. The van der Waals surface area contributed by atoms with E-state index in [2.05, 4.69) is 20.8 Å². The van der Waals surface area contributed by atoms with Crippen LogP contribution >= 0.6 is 12.4 Å². The van der Waals surface area contributed by atoms with E-state index in [0.29, 0.717) is 6.54 Å². The molecule has 0 saturated carbocycles. The van der Waals surface area contributed by atoms with Crippen LogP contribution in [-0.2, 0) is 17.8 Å². The van der Waals surface area contributed by atoms with E-state index in [-0.39, 0.29) is 36.8 Å². The van der Waals surface area contributed by atoms with Crippen molar-refractivity contribution in [3.05, 3.63) is 46.8 Å². The number of fused-ring (bicyclic) bond motifs is 1. The van der Waals surface area contributed by atoms with E-state index in [4.69, 9.17) is 0 Å². The Kier molecular flexibility index (Phi) is 5.43. The van der Waals surface area contributed by atoms with Gasteiger partial charge in [0, 0.05) is 37.3 Å². The van der Waals surface area contributed by atoms with Crippen LogP contribution in [0.15, 0.2) is 18.2 Å². The Balaban J connectivity index is 0.00000210. The molecule has 4 rings (SSSR count). The summed E-state index contributed by atoms with van der Waals surface area (Å²) < 4.78 is 27.9. The molecule has 1 atom stereocenters. The third-order valence-corrected chi connectivity index (χ3v) is 4.74. The number of aromatic amines is 1. The molecular weight excluding hydrogens is 380 g/mol. The highest BCUT2D eigenvalue weighted by Crippen LogP contribution is 2.27. The van der Waals surface area contributed by atoms with Crippen molar-refractivity contribution in [2.45, 2.75) is 25.4 Å². The van der Waals surface area contributed by atoms with Gasteiger partial charge in [-0.1, -0.05) is 6.07 Å². The van der Waals surface area contributed by atoms with Gasteiger partial charge in [-0.25, -0.2) is 8.78 Å². The highest BCUT2D eigenvalue weighted by atomic mass is 35.5. The molecule has 0 radical (unpaired) electrons. The van der Waals surface area contributed by atoms with Crippen LogP contribution in [0.4, 0.5) is 14.5 Å². The molecule has 2 aliphatic heterocycles. The number of anilines is 1. The predicted molar refractivity (Wildman–Crippen MR) is 95.8 cm³/mol. The number of nitrogens with one attached hydrogen (secondary N) is 3. The van der Waals surface area contributed by atoms with Crippen molar-refractivity contribution in [3.63, 3.8) is 0 Å². The maximum Gasteiger partial charge on any atom is 0.272 e. The van der Waals surface area contributed by atoms with Crippen molar-refractivity contribution in [2.24, 2.45) is 0 Å². The molecule has 0 aliphatic carbocycles. The number of carbonyl (C=O) groups is 2. The smallest absolute Gasteiger partial charge is 0.272 e. The van der Waals surface area contributed by atoms with Crippen LogP contribution in [0.1, 0.15) is 28.2 Å². The molecular formula is C17H18ClF2N5O2. The second kappa shape index (κ2) is 7.61. The highest BCUT2D eigenvalue weighted by Gasteiger charge is 2.37. The van der Waals surface area contributed by atoms with Crippen LogP contribution < -0.4 is 15.5 Å². The fourth-order valence-electron chi connectivity index (χ4n) is 3.42. The normalized spacial score (nSPS) is 18.8. The molecule has 7 nitrogen and oxygen atoms in total. The quantitative estimate of drug-likeness (QED) is 0.728. The summed E-state index contributed by atoms with van der Waals surface area (Å²) in [5, 5.41) is 12.7. The van der Waals surface area contributed by atoms with Gasteiger partial charge >= 0.3 is 0 Å². The summed E-state index contributed by atoms with van der Waals surface area (Å²) >= 11 is 0. The van der Waals surface area contributed by atoms with Gasteiger partial charge in [0.05, 0.1) is 0 Å². The molecule has 10 heteroatoms. The van der Waals surface area contributed by atoms with Crippen molar-refractivity contribution in [1.29, 1.82) is 0 Å². The third-order valence-electron chi connectivity index (χ3n) is 4.74. The van der Waals surface area contributed by atoms with E-state index in [1.165, 1.54) is 6.07 Å². The third kappa shape index (κ3) is 3.40. The molecule has 0 bridgehead atoms. The molecule has 27 heavy (non-hydrogen) atoms. The van der Waals surface area contributed by atoms with E-state index < -0.39 is 29.5 Å². The highest BCUT2D eigenvalue weighted by molar-refractivity contribution is 6.04. The summed E-state index contributed by atoms with van der Waals surface area (Å²) in [7, 11) is 0. The molecule has 1 aromatic heterocycles. The van der Waals surface area contributed by atoms with Gasteiger partial charge < -0.3 is 15.5 Å². The van der Waals surface area contributed by atoms with Crippen LogP contribution in [0.5, 0.6) is 0 Å². The lowest BCUT2D eigenvalue weighted by molar-refractivity contribution is -0.118. The summed E-state index contributed by atoms with van der Waals surface area (Å²) in [5.74, 6) is -2.62. The van der Waals surface area contributed by atoms with Crippen molar-refractivity contribution < 1.29 is 18.4 Å². The van der Waals surface area contributed by atoms with Gasteiger partial charge in [0.25, 0.3) is 5.91 Å². The second-order valence-electron chi connectivity index (χ2n) is 6.33. The summed E-state index contributed by atoms with van der Waals surface area (Å²) in [5.41, 5.74) is 1.56. The van der Waals surface area contributed by atoms with Crippen LogP contribution in [0.25, 0.3) is 0 Å². The van der Waals surface area contributed by atoms with Crippen molar-refractivity contribution in [2.75, 3.05) is 18.0 Å². The first-order chi connectivity index (χ1) is 12.6. The summed E-state index contributed by atoms with van der Waals surface area (Å²) in [4.78, 5) is 26.1. The topological polar surface area (TPSA) is 90.1 Å². The number of amides is 2. The summed E-state index contributed by atoms with van der Waals surface area (Å²) in [6.07, 6.45) is 1.02. The van der Waals surface area contributed by atoms with Crippen LogP contribution in [0.2, 0.25) is 0 Å². The van der Waals surface area contributed by atoms with Crippen molar-refractivity contribution in [3.8, 4) is 0 Å². The number of para-hydroxylation sites is 1. The van der Waals surface area contributed by atoms with E-state index in [1.54, 1.807) is 0 Å². The Bertz CT molecular complexity index is 868. The molecule has 1 saturated heterocycles. The number of H-pyrrole nitrogens is 1. The Morgan fingerprint density at radius 1 is 1.30 bits per heavy atom. The SMILES string of the molecule is Cl.O=C(NC1CCN(c2c(F)cccc2F)C1=O)c1n[nH]c2c1CNCC2. The lowest BCUT2D eigenvalue weighted by Crippen LogP contribution is -2.42. The summed E-state index contributed by atoms with van der Waals surface area (Å²) in [6, 6.07) is 2.59. The molecule has 2 aliphatic rings. The standard InChI is InChI=1S/C17H17F2N5O2.ClH/c18-10-2-1-3-11(19)15(10)24-7-5-13(17(24)26)21-16(25)14-9-8-20-6-4-12(9)22-23-14;/h1-3,13,20H,4-8H2,(H,21,25)(H,22,23);1H. The Morgan fingerprint density at radius 2 is 2.04 bits per heavy atom. The van der Waals surface area contributed by atoms with E-state index >= 15 is 0 Å². The minimum Gasteiger partial charge on any atom is -0.339 e. The molecule has 2 aromatic rings. The van der Waals surface area contributed by atoms with Gasteiger partial charge in [-0.2, -0.15) is 5.10 Å². The first kappa shape index (κ1) is 19.2. The Morgan fingerprint density at radius 3 is 2.78 bits per heavy atom. The lowest BCUT2D eigenvalue weighted by atomic mass is 10.1. The first-order valence-electron chi connectivity index (χ1n) is 8.39. The number of halogens is 3. The van der Waals surface area contributed by atoms with Gasteiger partial charge in [-0.05, 0) is 18.6 Å². The number of carbonyl (C=O) groups excluding carboxylic acids is 2. The molecule has 1 fully saturated rings. The molecule has 144 valence electrons. The molecule has 1 unspecified atom stereocenters. The van der Waals surface area contributed by atoms with Crippen LogP contribution in [0.3, 0.4) is 0 Å². The molecule has 2 amide bonds. The van der Waals surface area contributed by atoms with E-state index in [9.17, 15) is 18.4 Å². The first-order valence-corrected chi connectivity index (χ1v) is 8.39. The minimum absolute atomic E-state index is 0. The van der Waals surface area contributed by atoms with Crippen molar-refractivity contribution in [1.82, 2.24) is 20.8 Å². The lowest BCUT2D eigenvalue weighted by Gasteiger charge is -2.18. The molecule has 3 heterocycles. The Hall–Kier alpha value is -2.52. The maximum absolute atomic E-state index is 13.9. The number of aromatic nitrogens is 2. The zero-order valence-corrected chi connectivity index (χ0v) is 15.0. The fourth-order valence-corrected chi connectivity index (χ4v) is 3.42. The second-order valence-corrected chi connectivity index (χ2v) is 6.33. The zero-order valence-electron chi connectivity index (χ0n) is 14.2. The molecule has 1 aromatic carbocycles. The molecule has 0 spiro atoms. The fraction of sp³-hybridized carbons (Fsp3) is 0.353. The van der Waals surface area contributed by atoms with Gasteiger partial charge in [0.1, 0.15) is 23.4 Å². The van der Waals surface area contributed by atoms with Gasteiger partial charge in [0.2, 0.25) is 5.91 Å². The van der Waals surface area contributed by atoms with E-state index in [1.807, 2.05) is 0 Å². The number of benzene rings is 1. The molecule has 3 N–H and O–H groups in total. The van der Waals surface area contributed by atoms with Crippen LogP contribution in [-0.4, -0.2) is 41.1 Å². The monoisotopic (exact) mass is 397 g/mol. The largest absolute Gasteiger partial charge is 0.339 e.